The highest BCUT2D eigenvalue weighted by atomic mass is 32.2. The van der Waals surface area contributed by atoms with Crippen LogP contribution in [0.3, 0.4) is 0 Å². The first kappa shape index (κ1) is 36.2. The van der Waals surface area contributed by atoms with Crippen molar-refractivity contribution in [2.24, 2.45) is 48.0 Å². The third-order valence-electron chi connectivity index (χ3n) is 9.94. The topological polar surface area (TPSA) is 132 Å². The zero-order valence-corrected chi connectivity index (χ0v) is 27.4. The molecule has 2 heterocycles. The Labute approximate surface area is 263 Å². The van der Waals surface area contributed by atoms with Gasteiger partial charge in [0.25, 0.3) is 6.10 Å². The number of carbonyl (C=O) groups excluding carboxylic acids is 2. The molecule has 1 saturated heterocycles. The minimum atomic E-state index is -5.91. The molecule has 0 radical (unpaired) electrons. The lowest BCUT2D eigenvalue weighted by Crippen LogP contribution is -2.48. The van der Waals surface area contributed by atoms with Crippen LogP contribution in [-0.2, 0) is 35.9 Å². The predicted octanol–water partition coefficient (Wildman–Crippen LogP) is 5.56. The van der Waals surface area contributed by atoms with Crippen LogP contribution in [-0.4, -0.2) is 70.7 Å². The van der Waals surface area contributed by atoms with E-state index in [1.54, 1.807) is 20.8 Å². The molecule has 262 valence electrons. The van der Waals surface area contributed by atoms with Crippen LogP contribution in [0.2, 0.25) is 0 Å². The molecule has 46 heavy (non-hydrogen) atoms. The number of nitrogens with zero attached hydrogens (tertiary/aromatic N) is 1. The predicted molar refractivity (Wildman–Crippen MR) is 151 cm³/mol. The third-order valence-corrected chi connectivity index (χ3v) is 11.7. The van der Waals surface area contributed by atoms with Crippen LogP contribution in [0.25, 0.3) is 0 Å². The summed E-state index contributed by atoms with van der Waals surface area (Å²) in [5.74, 6) is -7.80. The molecule has 7 atom stereocenters. The van der Waals surface area contributed by atoms with Crippen LogP contribution in [0.1, 0.15) is 70.9 Å². The fraction of sp³-hybridized carbons (Fsp3) is 0.800. The molecule has 2 N–H and O–H groups in total. The van der Waals surface area contributed by atoms with E-state index in [4.69, 9.17) is 4.74 Å². The summed E-state index contributed by atoms with van der Waals surface area (Å²) in [6, 6.07) is 0. The lowest BCUT2D eigenvalue weighted by atomic mass is 9.62. The van der Waals surface area contributed by atoms with Gasteiger partial charge >= 0.3 is 24.3 Å². The van der Waals surface area contributed by atoms with Gasteiger partial charge in [-0.25, -0.2) is 8.42 Å². The van der Waals surface area contributed by atoms with Gasteiger partial charge in [0, 0.05) is 24.1 Å². The van der Waals surface area contributed by atoms with Gasteiger partial charge in [0.1, 0.15) is 5.60 Å². The van der Waals surface area contributed by atoms with Crippen molar-refractivity contribution >= 4 is 21.8 Å². The highest BCUT2D eigenvalue weighted by molar-refractivity contribution is 7.91. The minimum Gasteiger partial charge on any atom is -0.494 e. The SMILES string of the molecule is Cc1c(C2CS(=O)(=O)CC2C2C3CC(C(=O)OC(C)(C)C)C(C3)C2CC(C)(C)C(=O)OC(C(F)(F)F)C(F)(F)F)c(O)n(C)c1O. The first-order chi connectivity index (χ1) is 20.7. The molecule has 2 aliphatic carbocycles. The van der Waals surface area contributed by atoms with Gasteiger partial charge in [0.2, 0.25) is 0 Å². The first-order valence-corrected chi connectivity index (χ1v) is 16.8. The van der Waals surface area contributed by atoms with Gasteiger partial charge < -0.3 is 19.7 Å². The summed E-state index contributed by atoms with van der Waals surface area (Å²) in [4.78, 5) is 26.3. The average Bonchev–Trinajstić information content (AvgIpc) is 3.57. The number of fused-ring (bicyclic) bond motifs is 2. The van der Waals surface area contributed by atoms with Crippen LogP contribution in [0.4, 0.5) is 26.3 Å². The maximum Gasteiger partial charge on any atom is 0.434 e. The number of sulfone groups is 1. The van der Waals surface area contributed by atoms with Crippen molar-refractivity contribution in [2.45, 2.75) is 90.8 Å². The Bertz CT molecular complexity index is 1440. The number of alkyl halides is 6. The highest BCUT2D eigenvalue weighted by Gasteiger charge is 2.63. The molecule has 3 fully saturated rings. The second-order valence-corrected chi connectivity index (χ2v) is 17.0. The van der Waals surface area contributed by atoms with E-state index in [2.05, 4.69) is 4.74 Å². The lowest BCUT2D eigenvalue weighted by molar-refractivity contribution is -0.315. The lowest BCUT2D eigenvalue weighted by Gasteiger charge is -2.43. The quantitative estimate of drug-likeness (QED) is 0.281. The summed E-state index contributed by atoms with van der Waals surface area (Å²) in [5.41, 5.74) is -2.26. The van der Waals surface area contributed by atoms with Crippen LogP contribution in [0, 0.1) is 47.8 Å². The van der Waals surface area contributed by atoms with Crippen LogP contribution >= 0.6 is 0 Å². The normalized spacial score (nSPS) is 29.8. The molecule has 0 amide bonds. The Hall–Kier alpha value is -2.65. The molecule has 2 saturated carbocycles. The van der Waals surface area contributed by atoms with E-state index in [-0.39, 0.29) is 46.7 Å². The molecule has 1 aromatic heterocycles. The van der Waals surface area contributed by atoms with Gasteiger partial charge in [0.05, 0.1) is 22.8 Å². The highest BCUT2D eigenvalue weighted by Crippen LogP contribution is 2.64. The number of halogens is 6. The number of rotatable bonds is 7. The largest absolute Gasteiger partial charge is 0.494 e. The number of ether oxygens (including phenoxy) is 2. The number of hydrogen-bond donors (Lipinski definition) is 2. The van der Waals surface area contributed by atoms with Crippen LogP contribution in [0.15, 0.2) is 0 Å². The summed E-state index contributed by atoms with van der Waals surface area (Å²) in [5, 5.41) is 21.4. The molecule has 4 rings (SSSR count). The fourth-order valence-electron chi connectivity index (χ4n) is 8.21. The monoisotopic (exact) mass is 689 g/mol. The van der Waals surface area contributed by atoms with E-state index in [1.165, 1.54) is 27.8 Å². The molecular formula is C30H41F6NO8S. The second-order valence-electron chi connectivity index (χ2n) is 14.8. The van der Waals surface area contributed by atoms with Crippen molar-refractivity contribution in [1.29, 1.82) is 0 Å². The van der Waals surface area contributed by atoms with Crippen LogP contribution in [0.5, 0.6) is 11.8 Å². The maximum atomic E-state index is 13.3. The zero-order chi connectivity index (χ0) is 35.1. The molecular weight excluding hydrogens is 648 g/mol. The van der Waals surface area contributed by atoms with Crippen molar-refractivity contribution in [2.75, 3.05) is 11.5 Å². The number of esters is 2. The van der Waals surface area contributed by atoms with Crippen LogP contribution < -0.4 is 0 Å². The third kappa shape index (κ3) is 6.82. The van der Waals surface area contributed by atoms with Crippen molar-refractivity contribution < 1.29 is 64.0 Å². The summed E-state index contributed by atoms with van der Waals surface area (Å²) in [6.45, 7) is 8.88. The van der Waals surface area contributed by atoms with E-state index in [0.29, 0.717) is 12.8 Å². The molecule has 9 nitrogen and oxygen atoms in total. The average molecular weight is 690 g/mol. The summed E-state index contributed by atoms with van der Waals surface area (Å²) >= 11 is 0. The van der Waals surface area contributed by atoms with E-state index in [1.807, 2.05) is 0 Å². The summed E-state index contributed by atoms with van der Waals surface area (Å²) < 4.78 is 117. The molecule has 7 unspecified atom stereocenters. The summed E-state index contributed by atoms with van der Waals surface area (Å²) in [7, 11) is -2.31. The summed E-state index contributed by atoms with van der Waals surface area (Å²) in [6.07, 6.45) is -15.7. The molecule has 2 bridgehead atoms. The van der Waals surface area contributed by atoms with E-state index >= 15 is 0 Å². The second kappa shape index (κ2) is 11.5. The Morgan fingerprint density at radius 3 is 1.98 bits per heavy atom. The van der Waals surface area contributed by atoms with Crippen molar-refractivity contribution in [3.63, 3.8) is 0 Å². The van der Waals surface area contributed by atoms with Gasteiger partial charge in [-0.3, -0.25) is 14.2 Å². The minimum absolute atomic E-state index is 0.230. The maximum absolute atomic E-state index is 13.3. The molecule has 1 aliphatic heterocycles. The van der Waals surface area contributed by atoms with Gasteiger partial charge in [-0.15, -0.1) is 0 Å². The number of aromatic hydroxyl groups is 2. The number of hydrogen-bond acceptors (Lipinski definition) is 8. The van der Waals surface area contributed by atoms with E-state index < -0.39 is 86.8 Å². The van der Waals surface area contributed by atoms with E-state index in [0.717, 1.165) is 4.57 Å². The molecule has 16 heteroatoms. The Morgan fingerprint density at radius 1 is 0.935 bits per heavy atom. The Balaban J connectivity index is 1.74. The van der Waals surface area contributed by atoms with Gasteiger partial charge in [-0.1, -0.05) is 0 Å². The number of aromatic nitrogens is 1. The van der Waals surface area contributed by atoms with Crippen molar-refractivity contribution in [3.05, 3.63) is 11.1 Å². The zero-order valence-electron chi connectivity index (χ0n) is 26.6. The first-order valence-electron chi connectivity index (χ1n) is 15.0. The smallest absolute Gasteiger partial charge is 0.434 e. The Morgan fingerprint density at radius 2 is 1.50 bits per heavy atom. The van der Waals surface area contributed by atoms with Crippen molar-refractivity contribution in [3.8, 4) is 11.8 Å². The fourth-order valence-corrected chi connectivity index (χ4v) is 10.3. The molecule has 3 aliphatic rings. The van der Waals surface area contributed by atoms with Crippen molar-refractivity contribution in [1.82, 2.24) is 4.57 Å². The van der Waals surface area contributed by atoms with Gasteiger partial charge in [0.15, 0.2) is 21.6 Å². The molecule has 1 aromatic rings. The number of carbonyl (C=O) groups is 2. The Kier molecular flexibility index (Phi) is 9.05. The molecule has 0 spiro atoms. The van der Waals surface area contributed by atoms with Gasteiger partial charge in [-0.2, -0.15) is 26.3 Å². The van der Waals surface area contributed by atoms with Gasteiger partial charge in [-0.05, 0) is 90.4 Å². The van der Waals surface area contributed by atoms with E-state index in [9.17, 15) is 54.6 Å². The molecule has 0 aromatic carbocycles. The standard InChI is InChI=1S/C30H41F6NO8S/c1-13-20(23(39)37(7)22(13)38)18-11-46(42,43)12-19(18)21-14-8-15(16(9-14)24(40)45-27(2,3)4)17(21)10-28(5,6)26(41)44-25(29(31,32)33)30(34,35)36/h14-19,21,25,38-39H,8-12H2,1-7H3.